The van der Waals surface area contributed by atoms with E-state index in [1.807, 2.05) is 26.1 Å². The molecule has 118 valence electrons. The van der Waals surface area contributed by atoms with Gasteiger partial charge in [-0.1, -0.05) is 16.8 Å². The molecular weight excluding hydrogens is 306 g/mol. The fourth-order valence-electron chi connectivity index (χ4n) is 2.03. The lowest BCUT2D eigenvalue weighted by atomic mass is 10.1. The number of ether oxygens (including phenoxy) is 1. The Labute approximate surface area is 133 Å². The van der Waals surface area contributed by atoms with Crippen LogP contribution in [0.1, 0.15) is 24.2 Å². The molecule has 0 saturated heterocycles. The quantitative estimate of drug-likeness (QED) is 0.846. The monoisotopic (exact) mass is 323 g/mol. The summed E-state index contributed by atoms with van der Waals surface area (Å²) in [5, 5.41) is 4.54. The molecule has 2 aromatic rings. The molecule has 1 aromatic carbocycles. The first-order chi connectivity index (χ1) is 10.5. The average molecular weight is 324 g/mol. The molecule has 1 atom stereocenters. The smallest absolute Gasteiger partial charge is 0.255 e. The zero-order valence-electron chi connectivity index (χ0n) is 12.5. The molecule has 1 heterocycles. The fourth-order valence-corrected chi connectivity index (χ4v) is 2.22. The highest BCUT2D eigenvalue weighted by molar-refractivity contribution is 6.30. The maximum atomic E-state index is 10.9. The Hall–Kier alpha value is -2.05. The predicted octanol–water partition coefficient (Wildman–Crippen LogP) is 2.39. The summed E-state index contributed by atoms with van der Waals surface area (Å²) < 4.78 is 10.3. The van der Waals surface area contributed by atoms with E-state index < -0.39 is 5.91 Å². The van der Waals surface area contributed by atoms with Gasteiger partial charge < -0.3 is 15.0 Å². The standard InChI is InChI=1S/C15H18ClN3O3/c1-10(13-5-6-22-18-13)19(2)8-11-7-12(16)3-4-14(11)21-9-15(17)20/h3-7,10H,8-9H2,1-2H3,(H2,17,20). The van der Waals surface area contributed by atoms with Gasteiger partial charge in [-0.25, -0.2) is 0 Å². The summed E-state index contributed by atoms with van der Waals surface area (Å²) in [6.45, 7) is 2.42. The van der Waals surface area contributed by atoms with Crippen molar-refractivity contribution in [1.29, 1.82) is 0 Å². The van der Waals surface area contributed by atoms with Crippen LogP contribution in [0.2, 0.25) is 5.02 Å². The van der Waals surface area contributed by atoms with Crippen LogP contribution in [-0.2, 0) is 11.3 Å². The first kappa shape index (κ1) is 16.3. The lowest BCUT2D eigenvalue weighted by molar-refractivity contribution is -0.119. The normalized spacial score (nSPS) is 12.4. The van der Waals surface area contributed by atoms with Gasteiger partial charge in [-0.05, 0) is 32.2 Å². The van der Waals surface area contributed by atoms with E-state index in [0.717, 1.165) is 11.3 Å². The van der Waals surface area contributed by atoms with Gasteiger partial charge in [-0.3, -0.25) is 9.69 Å². The zero-order valence-corrected chi connectivity index (χ0v) is 13.2. The number of hydrogen-bond acceptors (Lipinski definition) is 5. The Morgan fingerprint density at radius 2 is 2.27 bits per heavy atom. The Balaban J connectivity index is 2.13. The minimum absolute atomic E-state index is 0.0572. The number of primary amides is 1. The molecule has 0 radical (unpaired) electrons. The number of carbonyl (C=O) groups is 1. The average Bonchev–Trinajstić information content (AvgIpc) is 2.99. The number of benzene rings is 1. The van der Waals surface area contributed by atoms with E-state index >= 15 is 0 Å². The van der Waals surface area contributed by atoms with Crippen molar-refractivity contribution in [3.8, 4) is 5.75 Å². The lowest BCUT2D eigenvalue weighted by Gasteiger charge is -2.24. The molecule has 0 fully saturated rings. The number of halogens is 1. The molecule has 0 bridgehead atoms. The molecule has 0 aliphatic heterocycles. The largest absolute Gasteiger partial charge is 0.483 e. The van der Waals surface area contributed by atoms with Crippen molar-refractivity contribution in [1.82, 2.24) is 10.1 Å². The van der Waals surface area contributed by atoms with Crippen LogP contribution in [0.4, 0.5) is 0 Å². The summed E-state index contributed by atoms with van der Waals surface area (Å²) >= 11 is 6.05. The summed E-state index contributed by atoms with van der Waals surface area (Å²) in [5.41, 5.74) is 6.82. The minimum atomic E-state index is -0.523. The van der Waals surface area contributed by atoms with Crippen LogP contribution in [0.3, 0.4) is 0 Å². The van der Waals surface area contributed by atoms with Gasteiger partial charge in [0.2, 0.25) is 0 Å². The number of aromatic nitrogens is 1. The highest BCUT2D eigenvalue weighted by Crippen LogP contribution is 2.27. The number of nitrogens with zero attached hydrogens (tertiary/aromatic N) is 2. The molecule has 1 amide bonds. The van der Waals surface area contributed by atoms with Gasteiger partial charge in [0.25, 0.3) is 5.91 Å². The number of rotatable bonds is 7. The van der Waals surface area contributed by atoms with E-state index in [4.69, 9.17) is 26.6 Å². The summed E-state index contributed by atoms with van der Waals surface area (Å²) in [7, 11) is 1.96. The van der Waals surface area contributed by atoms with Crippen molar-refractivity contribution in [2.45, 2.75) is 19.5 Å². The highest BCUT2D eigenvalue weighted by atomic mass is 35.5. The minimum Gasteiger partial charge on any atom is -0.483 e. The van der Waals surface area contributed by atoms with Crippen LogP contribution in [-0.4, -0.2) is 29.6 Å². The van der Waals surface area contributed by atoms with Crippen molar-refractivity contribution in [2.75, 3.05) is 13.7 Å². The Morgan fingerprint density at radius 1 is 1.50 bits per heavy atom. The van der Waals surface area contributed by atoms with Gasteiger partial charge in [0.05, 0.1) is 6.04 Å². The molecule has 1 unspecified atom stereocenters. The maximum absolute atomic E-state index is 10.9. The Bertz CT molecular complexity index is 631. The Kier molecular flexibility index (Phi) is 5.41. The van der Waals surface area contributed by atoms with Crippen LogP contribution in [0.5, 0.6) is 5.75 Å². The third-order valence-corrected chi connectivity index (χ3v) is 3.59. The summed E-state index contributed by atoms with van der Waals surface area (Å²) in [4.78, 5) is 12.9. The van der Waals surface area contributed by atoms with E-state index in [1.54, 1.807) is 18.4 Å². The van der Waals surface area contributed by atoms with Crippen LogP contribution in [0.25, 0.3) is 0 Å². The molecule has 6 nitrogen and oxygen atoms in total. The summed E-state index contributed by atoms with van der Waals surface area (Å²) in [6, 6.07) is 7.13. The fraction of sp³-hybridized carbons (Fsp3) is 0.333. The van der Waals surface area contributed by atoms with E-state index in [0.29, 0.717) is 17.3 Å². The second-order valence-electron chi connectivity index (χ2n) is 5.02. The topological polar surface area (TPSA) is 81.6 Å². The van der Waals surface area contributed by atoms with Gasteiger partial charge in [-0.2, -0.15) is 0 Å². The lowest BCUT2D eigenvalue weighted by Crippen LogP contribution is -2.24. The molecule has 0 aliphatic carbocycles. The molecule has 1 aromatic heterocycles. The van der Waals surface area contributed by atoms with Gasteiger partial charge in [-0.15, -0.1) is 0 Å². The highest BCUT2D eigenvalue weighted by Gasteiger charge is 2.17. The zero-order chi connectivity index (χ0) is 16.1. The van der Waals surface area contributed by atoms with Crippen molar-refractivity contribution in [3.63, 3.8) is 0 Å². The first-order valence-electron chi connectivity index (χ1n) is 6.77. The maximum Gasteiger partial charge on any atom is 0.255 e. The van der Waals surface area contributed by atoms with Crippen LogP contribution < -0.4 is 10.5 Å². The van der Waals surface area contributed by atoms with E-state index in [2.05, 4.69) is 10.1 Å². The van der Waals surface area contributed by atoms with Gasteiger partial charge in [0.15, 0.2) is 6.61 Å². The summed E-state index contributed by atoms with van der Waals surface area (Å²) in [6.07, 6.45) is 1.54. The molecule has 0 spiro atoms. The summed E-state index contributed by atoms with van der Waals surface area (Å²) in [5.74, 6) is 0.0626. The van der Waals surface area contributed by atoms with Crippen LogP contribution in [0, 0.1) is 0 Å². The van der Waals surface area contributed by atoms with E-state index in [-0.39, 0.29) is 12.6 Å². The van der Waals surface area contributed by atoms with Crippen molar-refractivity contribution >= 4 is 17.5 Å². The van der Waals surface area contributed by atoms with Crippen LogP contribution >= 0.6 is 11.6 Å². The number of carbonyl (C=O) groups excluding carboxylic acids is 1. The first-order valence-corrected chi connectivity index (χ1v) is 7.15. The second kappa shape index (κ2) is 7.29. The number of amides is 1. The predicted molar refractivity (Wildman–Crippen MR) is 82.5 cm³/mol. The molecule has 2 rings (SSSR count). The van der Waals surface area contributed by atoms with E-state index in [9.17, 15) is 4.79 Å². The number of hydrogen-bond donors (Lipinski definition) is 1. The molecule has 2 N–H and O–H groups in total. The van der Waals surface area contributed by atoms with Crippen molar-refractivity contribution < 1.29 is 14.1 Å². The van der Waals surface area contributed by atoms with E-state index in [1.165, 1.54) is 0 Å². The molecular formula is C15H18ClN3O3. The van der Waals surface area contributed by atoms with Crippen molar-refractivity contribution in [3.05, 3.63) is 46.8 Å². The number of nitrogens with two attached hydrogens (primary N) is 1. The Morgan fingerprint density at radius 3 is 2.91 bits per heavy atom. The molecule has 0 saturated carbocycles. The second-order valence-corrected chi connectivity index (χ2v) is 5.46. The van der Waals surface area contributed by atoms with Gasteiger partial charge >= 0.3 is 0 Å². The third-order valence-electron chi connectivity index (χ3n) is 3.36. The van der Waals surface area contributed by atoms with Crippen LogP contribution in [0.15, 0.2) is 35.1 Å². The molecule has 7 heteroatoms. The SMILES string of the molecule is CC(c1ccon1)N(C)Cc1cc(Cl)ccc1OCC(N)=O. The molecule has 0 aliphatic rings. The van der Waals surface area contributed by atoms with Gasteiger partial charge in [0, 0.05) is 23.2 Å². The molecule has 22 heavy (non-hydrogen) atoms. The van der Waals surface area contributed by atoms with Gasteiger partial charge in [0.1, 0.15) is 17.7 Å². The third kappa shape index (κ3) is 4.22. The van der Waals surface area contributed by atoms with Crippen molar-refractivity contribution in [2.24, 2.45) is 5.73 Å².